The highest BCUT2D eigenvalue weighted by atomic mass is 16.5. The molecule has 0 fully saturated rings. The molecule has 0 aromatic carbocycles. The molecule has 1 aromatic rings. The van der Waals surface area contributed by atoms with Crippen molar-refractivity contribution in [2.45, 2.75) is 19.3 Å². The van der Waals surface area contributed by atoms with Crippen LogP contribution in [-0.4, -0.2) is 23.0 Å². The number of hydrogen-bond donors (Lipinski definition) is 0. The molecule has 1 aromatic heterocycles. The van der Waals surface area contributed by atoms with E-state index < -0.39 is 0 Å². The molecular weight excluding hydrogens is 168 g/mol. The molecule has 1 unspecified atom stereocenters. The summed E-state index contributed by atoms with van der Waals surface area (Å²) in [5.74, 6) is -0.554. The molecule has 4 nitrogen and oxygen atoms in total. The molecule has 1 atom stereocenters. The zero-order chi connectivity index (χ0) is 9.68. The number of aromatic nitrogens is 2. The lowest BCUT2D eigenvalue weighted by Crippen LogP contribution is -2.14. The first-order valence-corrected chi connectivity index (χ1v) is 4.13. The van der Waals surface area contributed by atoms with Crippen molar-refractivity contribution in [1.29, 1.82) is 0 Å². The van der Waals surface area contributed by atoms with E-state index in [0.717, 1.165) is 0 Å². The summed E-state index contributed by atoms with van der Waals surface area (Å²) in [6, 6.07) is 0. The highest BCUT2D eigenvalue weighted by molar-refractivity contribution is 5.77. The largest absolute Gasteiger partial charge is 0.469 e. The van der Waals surface area contributed by atoms with Crippen LogP contribution in [0.2, 0.25) is 0 Å². The van der Waals surface area contributed by atoms with Crippen LogP contribution >= 0.6 is 0 Å². The van der Waals surface area contributed by atoms with Crippen LogP contribution in [0.1, 0.15) is 25.0 Å². The maximum atomic E-state index is 11.3. The van der Waals surface area contributed by atoms with Gasteiger partial charge in [-0.1, -0.05) is 6.92 Å². The van der Waals surface area contributed by atoms with Crippen LogP contribution in [0.25, 0.3) is 0 Å². The Morgan fingerprint density at radius 2 is 2.38 bits per heavy atom. The van der Waals surface area contributed by atoms with E-state index in [1.165, 1.54) is 7.11 Å². The van der Waals surface area contributed by atoms with Gasteiger partial charge in [-0.3, -0.25) is 14.8 Å². The highest BCUT2D eigenvalue weighted by Gasteiger charge is 2.20. The number of carbonyl (C=O) groups is 1. The molecule has 13 heavy (non-hydrogen) atoms. The third kappa shape index (κ3) is 2.24. The summed E-state index contributed by atoms with van der Waals surface area (Å²) in [7, 11) is 1.38. The lowest BCUT2D eigenvalue weighted by Gasteiger charge is -2.10. The van der Waals surface area contributed by atoms with Gasteiger partial charge < -0.3 is 4.74 Å². The van der Waals surface area contributed by atoms with Crippen molar-refractivity contribution in [3.8, 4) is 0 Å². The predicted octanol–water partition coefficient (Wildman–Crippen LogP) is 1.14. The first kappa shape index (κ1) is 9.64. The lowest BCUT2D eigenvalue weighted by atomic mass is 10.0. The van der Waals surface area contributed by atoms with Crippen LogP contribution in [0.4, 0.5) is 0 Å². The Bertz CT molecular complexity index is 274. The molecule has 1 rings (SSSR count). The minimum Gasteiger partial charge on any atom is -0.469 e. The van der Waals surface area contributed by atoms with E-state index in [2.05, 4.69) is 14.7 Å². The fraction of sp³-hybridized carbons (Fsp3) is 0.444. The molecule has 0 N–H and O–H groups in total. The van der Waals surface area contributed by atoms with Gasteiger partial charge in [-0.25, -0.2) is 0 Å². The van der Waals surface area contributed by atoms with Crippen molar-refractivity contribution in [2.75, 3.05) is 7.11 Å². The average Bonchev–Trinajstić information content (AvgIpc) is 2.20. The van der Waals surface area contributed by atoms with Crippen molar-refractivity contribution in [3.05, 3.63) is 24.3 Å². The Hall–Kier alpha value is -1.45. The summed E-state index contributed by atoms with van der Waals surface area (Å²) in [5.41, 5.74) is 0.664. The van der Waals surface area contributed by atoms with Crippen LogP contribution in [-0.2, 0) is 9.53 Å². The number of hydrogen-bond acceptors (Lipinski definition) is 4. The second kappa shape index (κ2) is 4.54. The third-order valence-corrected chi connectivity index (χ3v) is 1.83. The van der Waals surface area contributed by atoms with Gasteiger partial charge in [0.2, 0.25) is 0 Å². The van der Waals surface area contributed by atoms with Gasteiger partial charge in [0.15, 0.2) is 0 Å². The normalized spacial score (nSPS) is 12.2. The molecule has 0 saturated heterocycles. The van der Waals surface area contributed by atoms with Gasteiger partial charge in [0.1, 0.15) is 5.92 Å². The molecule has 0 aliphatic carbocycles. The van der Waals surface area contributed by atoms with Gasteiger partial charge in [-0.15, -0.1) is 0 Å². The molecule has 0 aliphatic rings. The smallest absolute Gasteiger partial charge is 0.314 e. The van der Waals surface area contributed by atoms with E-state index in [-0.39, 0.29) is 11.9 Å². The van der Waals surface area contributed by atoms with E-state index in [9.17, 15) is 4.79 Å². The zero-order valence-corrected chi connectivity index (χ0v) is 7.73. The third-order valence-electron chi connectivity index (χ3n) is 1.83. The summed E-state index contributed by atoms with van der Waals surface area (Å²) in [6.07, 6.45) is 5.41. The standard InChI is InChI=1S/C9H12N2O2/c1-3-7(9(12)13-2)8-6-10-4-5-11-8/h4-7H,3H2,1-2H3. The van der Waals surface area contributed by atoms with Crippen molar-refractivity contribution in [2.24, 2.45) is 0 Å². The topological polar surface area (TPSA) is 52.1 Å². The minimum atomic E-state index is -0.293. The molecule has 0 radical (unpaired) electrons. The monoisotopic (exact) mass is 180 g/mol. The summed E-state index contributed by atoms with van der Waals surface area (Å²) < 4.78 is 4.65. The summed E-state index contributed by atoms with van der Waals surface area (Å²) in [4.78, 5) is 19.2. The molecule has 0 spiro atoms. The van der Waals surface area contributed by atoms with E-state index in [0.29, 0.717) is 12.1 Å². The minimum absolute atomic E-state index is 0.261. The van der Waals surface area contributed by atoms with E-state index in [4.69, 9.17) is 0 Å². The maximum Gasteiger partial charge on any atom is 0.314 e. The van der Waals surface area contributed by atoms with Crippen molar-refractivity contribution < 1.29 is 9.53 Å². The van der Waals surface area contributed by atoms with Gasteiger partial charge in [0.05, 0.1) is 12.8 Å². The fourth-order valence-corrected chi connectivity index (χ4v) is 1.13. The summed E-state index contributed by atoms with van der Waals surface area (Å²) in [6.45, 7) is 1.91. The molecule has 70 valence electrons. The van der Waals surface area contributed by atoms with Crippen LogP contribution in [0.3, 0.4) is 0 Å². The number of rotatable bonds is 3. The van der Waals surface area contributed by atoms with Crippen LogP contribution in [0, 0.1) is 0 Å². The Kier molecular flexibility index (Phi) is 3.37. The first-order chi connectivity index (χ1) is 6.29. The quantitative estimate of drug-likeness (QED) is 0.654. The van der Waals surface area contributed by atoms with E-state index in [1.807, 2.05) is 6.92 Å². The first-order valence-electron chi connectivity index (χ1n) is 4.13. The van der Waals surface area contributed by atoms with Gasteiger partial charge in [0.25, 0.3) is 0 Å². The van der Waals surface area contributed by atoms with Crippen molar-refractivity contribution in [3.63, 3.8) is 0 Å². The number of ether oxygens (including phenoxy) is 1. The highest BCUT2D eigenvalue weighted by Crippen LogP contribution is 2.17. The molecule has 4 heteroatoms. The van der Waals surface area contributed by atoms with Crippen LogP contribution in [0.5, 0.6) is 0 Å². The van der Waals surface area contributed by atoms with Gasteiger partial charge >= 0.3 is 5.97 Å². The lowest BCUT2D eigenvalue weighted by molar-refractivity contribution is -0.142. The maximum absolute atomic E-state index is 11.3. The van der Waals surface area contributed by atoms with Gasteiger partial charge in [-0.05, 0) is 6.42 Å². The summed E-state index contributed by atoms with van der Waals surface area (Å²) >= 11 is 0. The number of carbonyl (C=O) groups excluding carboxylic acids is 1. The Morgan fingerprint density at radius 1 is 1.62 bits per heavy atom. The van der Waals surface area contributed by atoms with E-state index >= 15 is 0 Å². The zero-order valence-electron chi connectivity index (χ0n) is 7.73. The number of nitrogens with zero attached hydrogens (tertiary/aromatic N) is 2. The second-order valence-electron chi connectivity index (χ2n) is 2.61. The molecular formula is C9H12N2O2. The number of esters is 1. The van der Waals surface area contributed by atoms with Crippen molar-refractivity contribution >= 4 is 5.97 Å². The Labute approximate surface area is 77.0 Å². The molecule has 1 heterocycles. The van der Waals surface area contributed by atoms with Crippen LogP contribution < -0.4 is 0 Å². The molecule has 0 amide bonds. The second-order valence-corrected chi connectivity index (χ2v) is 2.61. The van der Waals surface area contributed by atoms with E-state index in [1.54, 1.807) is 18.6 Å². The van der Waals surface area contributed by atoms with Gasteiger partial charge in [0, 0.05) is 18.6 Å². The molecule has 0 saturated carbocycles. The fourth-order valence-electron chi connectivity index (χ4n) is 1.13. The molecule has 0 aliphatic heterocycles. The summed E-state index contributed by atoms with van der Waals surface area (Å²) in [5, 5.41) is 0. The average molecular weight is 180 g/mol. The Morgan fingerprint density at radius 3 is 2.85 bits per heavy atom. The predicted molar refractivity (Wildman–Crippen MR) is 47.1 cm³/mol. The van der Waals surface area contributed by atoms with Gasteiger partial charge in [-0.2, -0.15) is 0 Å². The molecule has 0 bridgehead atoms. The SMILES string of the molecule is CCC(C(=O)OC)c1cnccn1. The van der Waals surface area contributed by atoms with Crippen LogP contribution in [0.15, 0.2) is 18.6 Å². The van der Waals surface area contributed by atoms with Crippen molar-refractivity contribution in [1.82, 2.24) is 9.97 Å². The Balaban J connectivity index is 2.85. The number of methoxy groups -OCH3 is 1.